The lowest BCUT2D eigenvalue weighted by Gasteiger charge is -2.05. The second-order valence-electron chi connectivity index (χ2n) is 3.82. The Balaban J connectivity index is 2.64. The van der Waals surface area contributed by atoms with E-state index in [4.69, 9.17) is 0 Å². The Hall–Kier alpha value is -1.30. The predicted molar refractivity (Wildman–Crippen MR) is 64.1 cm³/mol. The monoisotopic (exact) mass is 186 g/mol. The van der Waals surface area contributed by atoms with Crippen LogP contribution in [0.2, 0.25) is 0 Å². The van der Waals surface area contributed by atoms with E-state index in [-0.39, 0.29) is 0 Å². The van der Waals surface area contributed by atoms with Gasteiger partial charge in [-0.15, -0.1) is 6.58 Å². The summed E-state index contributed by atoms with van der Waals surface area (Å²) >= 11 is 0. The fourth-order valence-corrected chi connectivity index (χ4v) is 1.48. The van der Waals surface area contributed by atoms with E-state index in [0.29, 0.717) is 5.92 Å². The molecule has 0 nitrogen and oxygen atoms in total. The van der Waals surface area contributed by atoms with Crippen molar-refractivity contribution in [2.45, 2.75) is 20.3 Å². The largest absolute Gasteiger partial charge is 0.103 e. The topological polar surface area (TPSA) is 0 Å². The van der Waals surface area contributed by atoms with Crippen molar-refractivity contribution in [3.8, 4) is 0 Å². The molecule has 1 unspecified atom stereocenters. The van der Waals surface area contributed by atoms with Gasteiger partial charge < -0.3 is 0 Å². The Bertz CT molecular complexity index is 306. The summed E-state index contributed by atoms with van der Waals surface area (Å²) in [4.78, 5) is 0. The molecule has 0 saturated heterocycles. The van der Waals surface area contributed by atoms with Gasteiger partial charge in [-0.25, -0.2) is 0 Å². The van der Waals surface area contributed by atoms with Gasteiger partial charge in [0.15, 0.2) is 0 Å². The predicted octanol–water partition coefficient (Wildman–Crippen LogP) is 4.30. The molecule has 1 rings (SSSR count). The minimum absolute atomic E-state index is 0.565. The Morgan fingerprint density at radius 2 is 2.00 bits per heavy atom. The lowest BCUT2D eigenvalue weighted by molar-refractivity contribution is 0.721. The summed E-state index contributed by atoms with van der Waals surface area (Å²) in [5, 5.41) is 0. The summed E-state index contributed by atoms with van der Waals surface area (Å²) in [5.41, 5.74) is 2.69. The van der Waals surface area contributed by atoms with Gasteiger partial charge in [0.05, 0.1) is 0 Å². The molecule has 1 aromatic rings. The van der Waals surface area contributed by atoms with E-state index in [1.165, 1.54) is 11.1 Å². The van der Waals surface area contributed by atoms with Crippen molar-refractivity contribution < 1.29 is 0 Å². The zero-order chi connectivity index (χ0) is 10.4. The minimum atomic E-state index is 0.565. The fraction of sp³-hybridized carbons (Fsp3) is 0.286. The quantitative estimate of drug-likeness (QED) is 0.615. The number of benzene rings is 1. The van der Waals surface area contributed by atoms with E-state index in [1.54, 1.807) is 0 Å². The zero-order valence-corrected chi connectivity index (χ0v) is 9.03. The summed E-state index contributed by atoms with van der Waals surface area (Å²) in [6.07, 6.45) is 5.33. The van der Waals surface area contributed by atoms with Gasteiger partial charge in [0, 0.05) is 0 Å². The van der Waals surface area contributed by atoms with Crippen molar-refractivity contribution in [1.82, 2.24) is 0 Å². The molecule has 0 heteroatoms. The molecule has 0 saturated carbocycles. The van der Waals surface area contributed by atoms with Crippen LogP contribution >= 0.6 is 0 Å². The van der Waals surface area contributed by atoms with Crippen LogP contribution in [-0.4, -0.2) is 0 Å². The van der Waals surface area contributed by atoms with E-state index in [0.717, 1.165) is 6.42 Å². The minimum Gasteiger partial charge on any atom is -0.103 e. The lowest BCUT2D eigenvalue weighted by Crippen LogP contribution is -1.89. The molecule has 0 amide bonds. The van der Waals surface area contributed by atoms with Crippen LogP contribution in [0.3, 0.4) is 0 Å². The van der Waals surface area contributed by atoms with E-state index >= 15 is 0 Å². The molecule has 0 aromatic heterocycles. The van der Waals surface area contributed by atoms with Crippen molar-refractivity contribution in [1.29, 1.82) is 0 Å². The molecule has 0 spiro atoms. The van der Waals surface area contributed by atoms with E-state index in [2.05, 4.69) is 50.8 Å². The highest BCUT2D eigenvalue weighted by atomic mass is 14.0. The molecular weight excluding hydrogens is 168 g/mol. The first-order valence-corrected chi connectivity index (χ1v) is 5.07. The molecule has 1 aromatic carbocycles. The van der Waals surface area contributed by atoms with Crippen LogP contribution in [0.4, 0.5) is 0 Å². The lowest BCUT2D eigenvalue weighted by atomic mass is 10.0. The first-order valence-electron chi connectivity index (χ1n) is 5.07. The number of rotatable bonds is 4. The maximum absolute atomic E-state index is 3.79. The van der Waals surface area contributed by atoms with Gasteiger partial charge in [-0.05, 0) is 24.8 Å². The summed E-state index contributed by atoms with van der Waals surface area (Å²) in [7, 11) is 0. The van der Waals surface area contributed by atoms with Gasteiger partial charge in [-0.1, -0.05) is 55.0 Å². The smallest absolute Gasteiger partial charge is 0.0227 e. The Kier molecular flexibility index (Phi) is 4.18. The Labute approximate surface area is 87.0 Å². The maximum atomic E-state index is 3.79. The highest BCUT2D eigenvalue weighted by molar-refractivity contribution is 5.52. The highest BCUT2D eigenvalue weighted by Gasteiger charge is 1.97. The van der Waals surface area contributed by atoms with Crippen LogP contribution in [0.5, 0.6) is 0 Å². The number of hydrogen-bond acceptors (Lipinski definition) is 0. The van der Waals surface area contributed by atoms with Crippen LogP contribution in [-0.2, 0) is 0 Å². The Morgan fingerprint density at radius 1 is 1.36 bits per heavy atom. The van der Waals surface area contributed by atoms with Gasteiger partial charge in [0.1, 0.15) is 0 Å². The molecule has 0 aliphatic heterocycles. The van der Waals surface area contributed by atoms with E-state index in [9.17, 15) is 0 Å². The highest BCUT2D eigenvalue weighted by Crippen LogP contribution is 2.14. The molecular formula is C14H18. The molecule has 1 atom stereocenters. The van der Waals surface area contributed by atoms with Crippen LogP contribution in [0.1, 0.15) is 25.8 Å². The molecule has 0 fully saturated rings. The first kappa shape index (κ1) is 10.8. The van der Waals surface area contributed by atoms with Gasteiger partial charge in [-0.2, -0.15) is 0 Å². The van der Waals surface area contributed by atoms with Gasteiger partial charge in [-0.3, -0.25) is 0 Å². The Morgan fingerprint density at radius 3 is 2.57 bits per heavy atom. The molecule has 0 aliphatic carbocycles. The zero-order valence-electron chi connectivity index (χ0n) is 9.03. The molecule has 74 valence electrons. The van der Waals surface area contributed by atoms with Gasteiger partial charge >= 0.3 is 0 Å². The van der Waals surface area contributed by atoms with E-state index in [1.807, 2.05) is 12.1 Å². The van der Waals surface area contributed by atoms with Crippen molar-refractivity contribution in [2.24, 2.45) is 5.92 Å². The summed E-state index contributed by atoms with van der Waals surface area (Å²) in [6, 6.07) is 10.4. The number of allylic oxidation sites excluding steroid dienone is 2. The third-order valence-corrected chi connectivity index (χ3v) is 2.26. The molecule has 0 aliphatic rings. The third kappa shape index (κ3) is 3.61. The molecule has 14 heavy (non-hydrogen) atoms. The average Bonchev–Trinajstić information content (AvgIpc) is 2.19. The fourth-order valence-electron chi connectivity index (χ4n) is 1.48. The maximum Gasteiger partial charge on any atom is -0.0227 e. The van der Waals surface area contributed by atoms with Gasteiger partial charge in [0.25, 0.3) is 0 Å². The standard InChI is InChI=1S/C14H18/c1-4-12(2)10-13(3)11-14-8-6-5-7-9-14/h4-9,11-12H,1,10H2,2-3H3/b13-11+. The van der Waals surface area contributed by atoms with E-state index < -0.39 is 0 Å². The van der Waals surface area contributed by atoms with Crippen LogP contribution < -0.4 is 0 Å². The normalized spacial score (nSPS) is 13.7. The average molecular weight is 186 g/mol. The van der Waals surface area contributed by atoms with Crippen molar-refractivity contribution in [2.75, 3.05) is 0 Å². The number of hydrogen-bond donors (Lipinski definition) is 0. The second-order valence-corrected chi connectivity index (χ2v) is 3.82. The third-order valence-electron chi connectivity index (χ3n) is 2.26. The van der Waals surface area contributed by atoms with Gasteiger partial charge in [0.2, 0.25) is 0 Å². The van der Waals surface area contributed by atoms with Crippen LogP contribution in [0.25, 0.3) is 6.08 Å². The summed E-state index contributed by atoms with van der Waals surface area (Å²) < 4.78 is 0. The molecule has 0 bridgehead atoms. The van der Waals surface area contributed by atoms with Crippen molar-refractivity contribution in [3.63, 3.8) is 0 Å². The van der Waals surface area contributed by atoms with Crippen LogP contribution in [0, 0.1) is 5.92 Å². The van der Waals surface area contributed by atoms with Crippen molar-refractivity contribution in [3.05, 3.63) is 54.1 Å². The molecule has 0 heterocycles. The summed E-state index contributed by atoms with van der Waals surface area (Å²) in [6.45, 7) is 8.16. The first-order chi connectivity index (χ1) is 6.72. The van der Waals surface area contributed by atoms with Crippen molar-refractivity contribution >= 4 is 6.08 Å². The SMILES string of the molecule is C=CC(C)C/C(C)=C/c1ccccc1. The van der Waals surface area contributed by atoms with Crippen LogP contribution in [0.15, 0.2) is 48.6 Å². The molecule has 0 N–H and O–H groups in total. The summed E-state index contributed by atoms with van der Waals surface area (Å²) in [5.74, 6) is 0.565. The second kappa shape index (κ2) is 5.43. The molecule has 0 radical (unpaired) electrons.